The Morgan fingerprint density at radius 3 is 2.21 bits per heavy atom. The van der Waals surface area contributed by atoms with Gasteiger partial charge >= 0.3 is 0 Å². The number of aliphatic imine (C=N–C) groups is 1. The number of ether oxygens (including phenoxy) is 2. The van der Waals surface area contributed by atoms with Gasteiger partial charge in [0.25, 0.3) is 0 Å². The first-order valence-electron chi connectivity index (χ1n) is 6.83. The van der Waals surface area contributed by atoms with E-state index in [4.69, 9.17) is 9.47 Å². The molecular weight excluding hydrogens is 357 g/mol. The van der Waals surface area contributed by atoms with Gasteiger partial charge in [-0.2, -0.15) is 0 Å². The second-order valence-electron chi connectivity index (χ2n) is 4.21. The highest BCUT2D eigenvalue weighted by molar-refractivity contribution is 14.0. The molecule has 0 aliphatic carbocycles. The Kier molecular flexibility index (Phi) is 17.8. The molecule has 6 heteroatoms. The number of halogens is 1. The lowest BCUT2D eigenvalue weighted by atomic mass is 10.4. The van der Waals surface area contributed by atoms with Gasteiger partial charge < -0.3 is 19.7 Å². The molecule has 0 aliphatic rings. The molecule has 0 spiro atoms. The molecule has 0 aromatic heterocycles. The lowest BCUT2D eigenvalue weighted by Crippen LogP contribution is -2.36. The molecule has 0 unspecified atom stereocenters. The van der Waals surface area contributed by atoms with Crippen molar-refractivity contribution in [3.8, 4) is 0 Å². The highest BCUT2D eigenvalue weighted by Crippen LogP contribution is 1.88. The average molecular weight is 387 g/mol. The Labute approximate surface area is 135 Å². The average Bonchev–Trinajstić information content (AvgIpc) is 2.35. The second kappa shape index (κ2) is 16.0. The third-order valence-electron chi connectivity index (χ3n) is 2.27. The highest BCUT2D eigenvalue weighted by atomic mass is 127. The van der Waals surface area contributed by atoms with Gasteiger partial charge in [-0.05, 0) is 13.3 Å². The van der Waals surface area contributed by atoms with E-state index in [0.717, 1.165) is 25.5 Å². The summed E-state index contributed by atoms with van der Waals surface area (Å²) in [5.41, 5.74) is 0. The van der Waals surface area contributed by atoms with Crippen LogP contribution in [-0.2, 0) is 9.47 Å². The Morgan fingerprint density at radius 1 is 1.05 bits per heavy atom. The van der Waals surface area contributed by atoms with Crippen LogP contribution >= 0.6 is 24.0 Å². The van der Waals surface area contributed by atoms with E-state index >= 15 is 0 Å². The number of nitrogens with one attached hydrogen (secondary N) is 1. The van der Waals surface area contributed by atoms with Gasteiger partial charge in [-0.3, -0.25) is 4.99 Å². The monoisotopic (exact) mass is 387 g/mol. The largest absolute Gasteiger partial charge is 0.379 e. The summed E-state index contributed by atoms with van der Waals surface area (Å²) in [5, 5.41) is 3.20. The van der Waals surface area contributed by atoms with Gasteiger partial charge in [-0.25, -0.2) is 0 Å². The third-order valence-corrected chi connectivity index (χ3v) is 2.27. The van der Waals surface area contributed by atoms with Crippen LogP contribution < -0.4 is 5.32 Å². The Bertz CT molecular complexity index is 214. The molecule has 0 saturated carbocycles. The van der Waals surface area contributed by atoms with Crippen molar-refractivity contribution < 1.29 is 9.47 Å². The summed E-state index contributed by atoms with van der Waals surface area (Å²) in [4.78, 5) is 6.40. The van der Waals surface area contributed by atoms with Crippen molar-refractivity contribution in [2.45, 2.75) is 26.7 Å². The van der Waals surface area contributed by atoms with E-state index in [0.29, 0.717) is 26.4 Å². The van der Waals surface area contributed by atoms with Crippen molar-refractivity contribution in [1.82, 2.24) is 10.2 Å². The van der Waals surface area contributed by atoms with Crippen molar-refractivity contribution in [2.24, 2.45) is 4.99 Å². The van der Waals surface area contributed by atoms with Crippen LogP contribution in [0.4, 0.5) is 0 Å². The second-order valence-corrected chi connectivity index (χ2v) is 4.21. The smallest absolute Gasteiger partial charge is 0.193 e. The number of unbranched alkanes of at least 4 members (excludes halogenated alkanes) is 1. The molecule has 0 bridgehead atoms. The van der Waals surface area contributed by atoms with Gasteiger partial charge in [0.2, 0.25) is 0 Å². The van der Waals surface area contributed by atoms with E-state index in [1.807, 2.05) is 19.0 Å². The lowest BCUT2D eigenvalue weighted by molar-refractivity contribution is 0.0497. The van der Waals surface area contributed by atoms with Gasteiger partial charge in [-0.15, -0.1) is 24.0 Å². The minimum absolute atomic E-state index is 0. The zero-order chi connectivity index (χ0) is 13.6. The Hall–Kier alpha value is -0.0800. The fraction of sp³-hybridized carbons (Fsp3) is 0.923. The number of nitrogens with zero attached hydrogens (tertiary/aromatic N) is 2. The molecule has 0 aromatic rings. The molecule has 116 valence electrons. The molecule has 0 aromatic carbocycles. The third kappa shape index (κ3) is 14.1. The molecule has 0 saturated heterocycles. The van der Waals surface area contributed by atoms with Crippen LogP contribution in [0.15, 0.2) is 4.99 Å². The zero-order valence-electron chi connectivity index (χ0n) is 12.8. The Balaban J connectivity index is 0. The predicted octanol–water partition coefficient (Wildman–Crippen LogP) is 1.96. The molecule has 19 heavy (non-hydrogen) atoms. The predicted molar refractivity (Wildman–Crippen MR) is 91.6 cm³/mol. The van der Waals surface area contributed by atoms with E-state index in [9.17, 15) is 0 Å². The summed E-state index contributed by atoms with van der Waals surface area (Å²) in [6, 6.07) is 0. The topological polar surface area (TPSA) is 46.1 Å². The van der Waals surface area contributed by atoms with Crippen molar-refractivity contribution >= 4 is 29.9 Å². The molecule has 0 heterocycles. The summed E-state index contributed by atoms with van der Waals surface area (Å²) in [6.07, 6.45) is 2.30. The molecular formula is C13H30IN3O2. The number of rotatable bonds is 10. The minimum atomic E-state index is 0. The summed E-state index contributed by atoms with van der Waals surface area (Å²) < 4.78 is 10.8. The molecule has 0 aliphatic heterocycles. The van der Waals surface area contributed by atoms with Gasteiger partial charge in [0.05, 0.1) is 26.4 Å². The van der Waals surface area contributed by atoms with Crippen LogP contribution in [0.25, 0.3) is 0 Å². The fourth-order valence-electron chi connectivity index (χ4n) is 1.30. The van der Waals surface area contributed by atoms with Crippen LogP contribution in [0.1, 0.15) is 26.7 Å². The standard InChI is InChI=1S/C13H29N3O2.HI/c1-5-7-9-17-11-12-18-10-8-15-13(14-6-2)16(3)4;/h5-12H2,1-4H3,(H,14,15);1H. The fourth-order valence-corrected chi connectivity index (χ4v) is 1.30. The van der Waals surface area contributed by atoms with Gasteiger partial charge in [0.15, 0.2) is 5.96 Å². The summed E-state index contributed by atoms with van der Waals surface area (Å²) in [5.74, 6) is 0.903. The van der Waals surface area contributed by atoms with Gasteiger partial charge in [-0.1, -0.05) is 13.3 Å². The van der Waals surface area contributed by atoms with E-state index in [1.165, 1.54) is 6.42 Å². The highest BCUT2D eigenvalue weighted by Gasteiger charge is 1.98. The van der Waals surface area contributed by atoms with Crippen LogP contribution in [0.5, 0.6) is 0 Å². The summed E-state index contributed by atoms with van der Waals surface area (Å²) >= 11 is 0. The van der Waals surface area contributed by atoms with Crippen LogP contribution in [0.3, 0.4) is 0 Å². The molecule has 0 rings (SSSR count). The molecule has 0 amide bonds. The first kappa shape index (κ1) is 21.2. The molecule has 0 fully saturated rings. The molecule has 1 N–H and O–H groups in total. The summed E-state index contributed by atoms with van der Waals surface area (Å²) in [7, 11) is 3.95. The minimum Gasteiger partial charge on any atom is -0.379 e. The lowest BCUT2D eigenvalue weighted by Gasteiger charge is -2.16. The van der Waals surface area contributed by atoms with E-state index in [2.05, 4.69) is 24.2 Å². The maximum Gasteiger partial charge on any atom is 0.193 e. The molecule has 5 nitrogen and oxygen atoms in total. The Morgan fingerprint density at radius 2 is 1.68 bits per heavy atom. The van der Waals surface area contributed by atoms with Crippen molar-refractivity contribution in [3.05, 3.63) is 0 Å². The van der Waals surface area contributed by atoms with E-state index in [-0.39, 0.29) is 24.0 Å². The maximum absolute atomic E-state index is 5.44. The van der Waals surface area contributed by atoms with E-state index < -0.39 is 0 Å². The van der Waals surface area contributed by atoms with Crippen molar-refractivity contribution in [2.75, 3.05) is 53.6 Å². The van der Waals surface area contributed by atoms with Crippen molar-refractivity contribution in [1.29, 1.82) is 0 Å². The number of guanidine groups is 1. The van der Waals surface area contributed by atoms with Crippen LogP contribution in [0, 0.1) is 0 Å². The summed E-state index contributed by atoms with van der Waals surface area (Å²) in [6.45, 7) is 8.57. The van der Waals surface area contributed by atoms with Crippen LogP contribution in [0.2, 0.25) is 0 Å². The first-order valence-corrected chi connectivity index (χ1v) is 6.83. The normalized spacial score (nSPS) is 11.1. The van der Waals surface area contributed by atoms with Crippen LogP contribution in [-0.4, -0.2) is 64.5 Å². The number of hydrogen-bond donors (Lipinski definition) is 1. The zero-order valence-corrected chi connectivity index (χ0v) is 15.1. The van der Waals surface area contributed by atoms with Crippen molar-refractivity contribution in [3.63, 3.8) is 0 Å². The SMILES string of the molecule is CCCCOCCOCCN=C(NCC)N(C)C.I. The van der Waals surface area contributed by atoms with Gasteiger partial charge in [0, 0.05) is 27.2 Å². The number of hydrogen-bond acceptors (Lipinski definition) is 3. The first-order chi connectivity index (χ1) is 8.72. The van der Waals surface area contributed by atoms with Gasteiger partial charge in [0.1, 0.15) is 0 Å². The molecule has 0 atom stereocenters. The van der Waals surface area contributed by atoms with E-state index in [1.54, 1.807) is 0 Å². The quantitative estimate of drug-likeness (QED) is 0.270. The molecule has 0 radical (unpaired) electrons. The maximum atomic E-state index is 5.44.